The van der Waals surface area contributed by atoms with E-state index in [1.807, 2.05) is 26.8 Å². The first-order valence-corrected chi connectivity index (χ1v) is 8.15. The molecule has 0 nitrogen and oxygen atoms in total. The van der Waals surface area contributed by atoms with Crippen LogP contribution in [-0.2, 0) is 5.25 Å². The van der Waals surface area contributed by atoms with Gasteiger partial charge in [0.25, 0.3) is 0 Å². The summed E-state index contributed by atoms with van der Waals surface area (Å²) in [4.78, 5) is 1.26. The molecule has 0 bridgehead atoms. The van der Waals surface area contributed by atoms with E-state index in [9.17, 15) is 8.78 Å². The van der Waals surface area contributed by atoms with Gasteiger partial charge in [-0.05, 0) is 56.8 Å². The maximum atomic E-state index is 14.3. The standard InChI is InChI=1S/C17H16F2S2/c1-16(2,3)12-11-13-9-10-15(20-13)17(18,19)21-14-7-5-4-6-8-14/h4-10H,1-3H3. The fourth-order valence-electron chi connectivity index (χ4n) is 1.50. The third kappa shape index (κ3) is 4.87. The molecule has 0 saturated heterocycles. The zero-order valence-corrected chi connectivity index (χ0v) is 13.7. The highest BCUT2D eigenvalue weighted by Crippen LogP contribution is 2.46. The van der Waals surface area contributed by atoms with Crippen LogP contribution < -0.4 is 0 Å². The van der Waals surface area contributed by atoms with Crippen LogP contribution in [0.4, 0.5) is 8.78 Å². The third-order valence-corrected chi connectivity index (χ3v) is 4.63. The van der Waals surface area contributed by atoms with Gasteiger partial charge in [0.2, 0.25) is 0 Å². The molecule has 0 radical (unpaired) electrons. The molecule has 2 aromatic rings. The largest absolute Gasteiger partial charge is 0.332 e. The number of hydrogen-bond donors (Lipinski definition) is 0. The predicted molar refractivity (Wildman–Crippen MR) is 86.8 cm³/mol. The van der Waals surface area contributed by atoms with Crippen molar-refractivity contribution in [3.05, 3.63) is 52.2 Å². The molecule has 1 heterocycles. The molecule has 0 aliphatic heterocycles. The summed E-state index contributed by atoms with van der Waals surface area (Å²) in [7, 11) is 0. The Balaban J connectivity index is 2.17. The quantitative estimate of drug-likeness (QED) is 0.494. The number of thioether (sulfide) groups is 1. The Kier molecular flexibility index (Phi) is 4.75. The van der Waals surface area contributed by atoms with Gasteiger partial charge < -0.3 is 0 Å². The Morgan fingerprint density at radius 3 is 2.29 bits per heavy atom. The monoisotopic (exact) mass is 322 g/mol. The SMILES string of the molecule is CC(C)(C)C#Cc1ccc(C(F)(F)Sc2ccccc2)s1. The van der Waals surface area contributed by atoms with Crippen LogP contribution in [0.5, 0.6) is 0 Å². The van der Waals surface area contributed by atoms with E-state index < -0.39 is 5.25 Å². The molecule has 0 aliphatic rings. The molecular weight excluding hydrogens is 306 g/mol. The average molecular weight is 322 g/mol. The smallest absolute Gasteiger partial charge is 0.187 e. The zero-order chi connectivity index (χ0) is 15.5. The normalized spacial score (nSPS) is 11.9. The van der Waals surface area contributed by atoms with Crippen molar-refractivity contribution in [3.8, 4) is 11.8 Å². The summed E-state index contributed by atoms with van der Waals surface area (Å²) in [6.45, 7) is 5.98. The van der Waals surface area contributed by atoms with Gasteiger partial charge in [0.1, 0.15) is 0 Å². The highest BCUT2D eigenvalue weighted by molar-refractivity contribution is 8.00. The number of thiophene rings is 1. The van der Waals surface area contributed by atoms with Gasteiger partial charge in [-0.1, -0.05) is 30.0 Å². The van der Waals surface area contributed by atoms with Gasteiger partial charge in [-0.15, -0.1) is 11.3 Å². The number of hydrogen-bond acceptors (Lipinski definition) is 2. The fraction of sp³-hybridized carbons (Fsp3) is 0.294. The minimum Gasteiger partial charge on any atom is -0.187 e. The summed E-state index contributed by atoms with van der Waals surface area (Å²) in [5.41, 5.74) is -0.133. The zero-order valence-electron chi connectivity index (χ0n) is 12.1. The van der Waals surface area contributed by atoms with Crippen molar-refractivity contribution in [2.45, 2.75) is 30.9 Å². The molecule has 1 aromatic heterocycles. The lowest BCUT2D eigenvalue weighted by molar-refractivity contribution is 0.109. The van der Waals surface area contributed by atoms with Crippen LogP contribution in [0.2, 0.25) is 0 Å². The Labute approximate surface area is 132 Å². The van der Waals surface area contributed by atoms with Crippen molar-refractivity contribution < 1.29 is 8.78 Å². The van der Waals surface area contributed by atoms with Gasteiger partial charge in [0.15, 0.2) is 0 Å². The predicted octanol–water partition coefficient (Wildman–Crippen LogP) is 5.99. The van der Waals surface area contributed by atoms with Crippen molar-refractivity contribution >= 4 is 23.1 Å². The van der Waals surface area contributed by atoms with Gasteiger partial charge in [-0.3, -0.25) is 0 Å². The minimum absolute atomic E-state index is 0.0366. The third-order valence-electron chi connectivity index (χ3n) is 2.44. The van der Waals surface area contributed by atoms with Crippen LogP contribution in [0.15, 0.2) is 47.4 Å². The van der Waals surface area contributed by atoms with E-state index in [4.69, 9.17) is 0 Å². The molecule has 0 N–H and O–H groups in total. The van der Waals surface area contributed by atoms with E-state index in [0.717, 1.165) is 11.3 Å². The van der Waals surface area contributed by atoms with E-state index >= 15 is 0 Å². The second kappa shape index (κ2) is 6.21. The van der Waals surface area contributed by atoms with Crippen molar-refractivity contribution in [2.75, 3.05) is 0 Å². The number of benzene rings is 1. The maximum absolute atomic E-state index is 14.3. The summed E-state index contributed by atoms with van der Waals surface area (Å²) in [6.07, 6.45) is 0. The van der Waals surface area contributed by atoms with Crippen molar-refractivity contribution in [1.29, 1.82) is 0 Å². The molecule has 2 rings (SSSR count). The molecule has 0 atom stereocenters. The summed E-state index contributed by atoms with van der Waals surface area (Å²) in [5.74, 6) is 6.03. The highest BCUT2D eigenvalue weighted by Gasteiger charge is 2.34. The van der Waals surface area contributed by atoms with Crippen molar-refractivity contribution in [3.63, 3.8) is 0 Å². The van der Waals surface area contributed by atoms with Gasteiger partial charge in [-0.25, -0.2) is 0 Å². The fourth-order valence-corrected chi connectivity index (χ4v) is 3.24. The van der Waals surface area contributed by atoms with Crippen LogP contribution in [0, 0.1) is 17.3 Å². The first-order chi connectivity index (χ1) is 9.76. The topological polar surface area (TPSA) is 0 Å². The number of halogens is 2. The second-order valence-electron chi connectivity index (χ2n) is 5.60. The Bertz CT molecular complexity index is 655. The van der Waals surface area contributed by atoms with E-state index in [2.05, 4.69) is 11.8 Å². The summed E-state index contributed by atoms with van der Waals surface area (Å²) < 4.78 is 28.5. The molecule has 4 heteroatoms. The molecule has 0 fully saturated rings. The summed E-state index contributed by atoms with van der Waals surface area (Å²) in [6, 6.07) is 11.8. The summed E-state index contributed by atoms with van der Waals surface area (Å²) in [5, 5.41) is -2.94. The lowest BCUT2D eigenvalue weighted by Crippen LogP contribution is -2.04. The van der Waals surface area contributed by atoms with Crippen LogP contribution in [-0.4, -0.2) is 0 Å². The first kappa shape index (κ1) is 16.1. The average Bonchev–Trinajstić information content (AvgIpc) is 2.86. The molecule has 110 valence electrons. The molecular formula is C17H16F2S2. The minimum atomic E-state index is -2.94. The molecule has 0 aliphatic carbocycles. The van der Waals surface area contributed by atoms with Crippen molar-refractivity contribution in [2.24, 2.45) is 5.41 Å². The van der Waals surface area contributed by atoms with Crippen LogP contribution in [0.3, 0.4) is 0 Å². The van der Waals surface area contributed by atoms with E-state index in [-0.39, 0.29) is 10.3 Å². The van der Waals surface area contributed by atoms with Gasteiger partial charge in [0.05, 0.1) is 9.75 Å². The molecule has 1 aromatic carbocycles. The van der Waals surface area contributed by atoms with E-state index in [1.54, 1.807) is 30.3 Å². The molecule has 0 amide bonds. The molecule has 0 saturated carbocycles. The van der Waals surface area contributed by atoms with E-state index in [1.165, 1.54) is 6.07 Å². The van der Waals surface area contributed by atoms with Crippen LogP contribution in [0.25, 0.3) is 0 Å². The Morgan fingerprint density at radius 1 is 1.00 bits per heavy atom. The van der Waals surface area contributed by atoms with Crippen LogP contribution >= 0.6 is 23.1 Å². The van der Waals surface area contributed by atoms with Gasteiger partial charge in [0, 0.05) is 10.3 Å². The lowest BCUT2D eigenvalue weighted by Gasteiger charge is -2.13. The molecule has 0 spiro atoms. The number of alkyl halides is 2. The van der Waals surface area contributed by atoms with Gasteiger partial charge in [-0.2, -0.15) is 8.78 Å². The Hall–Kier alpha value is -1.31. The van der Waals surface area contributed by atoms with Gasteiger partial charge >= 0.3 is 5.25 Å². The second-order valence-corrected chi connectivity index (χ2v) is 7.87. The van der Waals surface area contributed by atoms with E-state index in [0.29, 0.717) is 21.5 Å². The summed E-state index contributed by atoms with van der Waals surface area (Å²) >= 11 is 1.62. The maximum Gasteiger partial charge on any atom is 0.332 e. The van der Waals surface area contributed by atoms with Crippen molar-refractivity contribution in [1.82, 2.24) is 0 Å². The molecule has 0 unspecified atom stereocenters. The lowest BCUT2D eigenvalue weighted by atomic mass is 9.98. The first-order valence-electron chi connectivity index (χ1n) is 6.52. The van der Waals surface area contributed by atoms with Crippen LogP contribution in [0.1, 0.15) is 30.5 Å². The Morgan fingerprint density at radius 2 is 1.67 bits per heavy atom. The number of rotatable bonds is 3. The highest BCUT2D eigenvalue weighted by atomic mass is 32.2. The molecule has 21 heavy (non-hydrogen) atoms.